The number of hydrogen-bond acceptors (Lipinski definition) is 5. The molecule has 0 amide bonds. The lowest BCUT2D eigenvalue weighted by molar-refractivity contribution is 0.388. The molecule has 1 aromatic carbocycles. The number of nitrogens with zero attached hydrogens (tertiary/aromatic N) is 2. The Bertz CT molecular complexity index is 827. The van der Waals surface area contributed by atoms with Crippen LogP contribution >= 0.6 is 48.0 Å². The quantitative estimate of drug-likeness (QED) is 0.455. The highest BCUT2D eigenvalue weighted by atomic mass is 35.5. The molecule has 0 spiro atoms. The zero-order valence-electron chi connectivity index (χ0n) is 16.7. The molecule has 1 saturated heterocycles. The van der Waals surface area contributed by atoms with E-state index < -0.39 is 0 Å². The Hall–Kier alpha value is -1.02. The number of benzene rings is 1. The Morgan fingerprint density at radius 3 is 2.77 bits per heavy atom. The molecular weight excluding hydrogens is 468 g/mol. The van der Waals surface area contributed by atoms with Crippen molar-refractivity contribution in [2.45, 2.75) is 44.8 Å². The van der Waals surface area contributed by atoms with Gasteiger partial charge < -0.3 is 16.0 Å². The van der Waals surface area contributed by atoms with Gasteiger partial charge in [0.15, 0.2) is 5.82 Å². The van der Waals surface area contributed by atoms with E-state index in [0.29, 0.717) is 48.2 Å². The Morgan fingerprint density at radius 2 is 2.03 bits per heavy atom. The summed E-state index contributed by atoms with van der Waals surface area (Å²) in [5.74, 6) is 0.357. The third-order valence-corrected chi connectivity index (χ3v) is 5.47. The van der Waals surface area contributed by atoms with Crippen LogP contribution in [0.3, 0.4) is 0 Å². The largest absolute Gasteiger partial charge is 0.365 e. The van der Waals surface area contributed by atoms with Crippen LogP contribution in [0.4, 0.5) is 5.82 Å². The molecule has 1 unspecified atom stereocenters. The van der Waals surface area contributed by atoms with Gasteiger partial charge in [0, 0.05) is 37.2 Å². The van der Waals surface area contributed by atoms with Crippen LogP contribution in [0.1, 0.15) is 31.2 Å². The van der Waals surface area contributed by atoms with E-state index in [1.165, 1.54) is 25.5 Å². The maximum atomic E-state index is 12.7. The summed E-state index contributed by atoms with van der Waals surface area (Å²) in [6, 6.07) is 8.22. The molecule has 1 fully saturated rings. The maximum Gasteiger partial charge on any atom is 0.294 e. The van der Waals surface area contributed by atoms with Gasteiger partial charge in [-0.1, -0.05) is 41.8 Å². The van der Waals surface area contributed by atoms with E-state index in [2.05, 4.69) is 20.9 Å². The minimum atomic E-state index is -0.186. The molecule has 1 atom stereocenters. The third kappa shape index (κ3) is 8.25. The van der Waals surface area contributed by atoms with Crippen molar-refractivity contribution in [2.24, 2.45) is 0 Å². The first-order valence-corrected chi connectivity index (χ1v) is 10.6. The van der Waals surface area contributed by atoms with Crippen molar-refractivity contribution >= 4 is 53.8 Å². The molecule has 6 nitrogen and oxygen atoms in total. The number of nitrogens with one attached hydrogen (secondary N) is 3. The SMILES string of the molecule is Cl.Cl.O=c1c(NCCC2CCCCN2)ncc(Cl)n1CCNCc1cccc(Cl)c1. The van der Waals surface area contributed by atoms with Gasteiger partial charge in [-0.05, 0) is 43.5 Å². The second-order valence-electron chi connectivity index (χ2n) is 7.06. The van der Waals surface area contributed by atoms with Crippen molar-refractivity contribution in [3.63, 3.8) is 0 Å². The van der Waals surface area contributed by atoms with Crippen molar-refractivity contribution in [1.82, 2.24) is 20.2 Å². The summed E-state index contributed by atoms with van der Waals surface area (Å²) in [5.41, 5.74) is 0.910. The molecule has 2 aromatic rings. The van der Waals surface area contributed by atoms with Gasteiger partial charge in [0.05, 0.1) is 6.20 Å². The van der Waals surface area contributed by atoms with Gasteiger partial charge in [0.2, 0.25) is 0 Å². The number of halogens is 4. The van der Waals surface area contributed by atoms with Gasteiger partial charge >= 0.3 is 0 Å². The molecule has 1 aliphatic rings. The normalized spacial score (nSPS) is 15.7. The average molecular weight is 497 g/mol. The lowest BCUT2D eigenvalue weighted by Gasteiger charge is -2.23. The highest BCUT2D eigenvalue weighted by molar-refractivity contribution is 6.30. The van der Waals surface area contributed by atoms with E-state index >= 15 is 0 Å². The van der Waals surface area contributed by atoms with E-state index in [4.69, 9.17) is 23.2 Å². The van der Waals surface area contributed by atoms with Crippen LogP contribution in [0.5, 0.6) is 0 Å². The zero-order chi connectivity index (χ0) is 19.8. The van der Waals surface area contributed by atoms with Crippen molar-refractivity contribution in [2.75, 3.05) is 25.0 Å². The minimum Gasteiger partial charge on any atom is -0.365 e. The Morgan fingerprint density at radius 1 is 1.20 bits per heavy atom. The highest BCUT2D eigenvalue weighted by Gasteiger charge is 2.13. The fraction of sp³-hybridized carbons (Fsp3) is 0.500. The molecule has 0 saturated carbocycles. The van der Waals surface area contributed by atoms with Crippen LogP contribution in [0, 0.1) is 0 Å². The van der Waals surface area contributed by atoms with E-state index in [9.17, 15) is 4.79 Å². The lowest BCUT2D eigenvalue weighted by atomic mass is 10.0. The predicted octanol–water partition coefficient (Wildman–Crippen LogP) is 4.13. The fourth-order valence-corrected chi connectivity index (χ4v) is 3.83. The minimum absolute atomic E-state index is 0. The molecular formula is C20H29Cl4N5O. The number of anilines is 1. The fourth-order valence-electron chi connectivity index (χ4n) is 3.40. The number of aromatic nitrogens is 2. The van der Waals surface area contributed by atoms with Crippen LogP contribution in [0.25, 0.3) is 0 Å². The topological polar surface area (TPSA) is 71.0 Å². The molecule has 168 valence electrons. The maximum absolute atomic E-state index is 12.7. The van der Waals surface area contributed by atoms with Crippen LogP contribution in [-0.4, -0.2) is 35.2 Å². The summed E-state index contributed by atoms with van der Waals surface area (Å²) >= 11 is 12.2. The number of piperidine rings is 1. The van der Waals surface area contributed by atoms with Gasteiger partial charge in [-0.25, -0.2) is 4.98 Å². The summed E-state index contributed by atoms with van der Waals surface area (Å²) in [4.78, 5) is 16.8. The Kier molecular flexibility index (Phi) is 12.7. The van der Waals surface area contributed by atoms with Crippen LogP contribution < -0.4 is 21.5 Å². The first-order chi connectivity index (χ1) is 13.6. The van der Waals surface area contributed by atoms with Crippen molar-refractivity contribution in [3.8, 4) is 0 Å². The van der Waals surface area contributed by atoms with Gasteiger partial charge in [-0.15, -0.1) is 24.8 Å². The van der Waals surface area contributed by atoms with E-state index in [1.54, 1.807) is 4.57 Å². The summed E-state index contributed by atoms with van der Waals surface area (Å²) in [7, 11) is 0. The Balaban J connectivity index is 0.00000225. The van der Waals surface area contributed by atoms with Crippen LogP contribution in [-0.2, 0) is 13.1 Å². The molecule has 3 rings (SSSR count). The van der Waals surface area contributed by atoms with Gasteiger partial charge in [0.25, 0.3) is 5.56 Å². The summed E-state index contributed by atoms with van der Waals surface area (Å²) in [6.45, 7) is 3.56. The molecule has 1 aliphatic heterocycles. The summed E-state index contributed by atoms with van der Waals surface area (Å²) in [5, 5.41) is 11.1. The molecule has 2 heterocycles. The molecule has 3 N–H and O–H groups in total. The van der Waals surface area contributed by atoms with Crippen LogP contribution in [0.2, 0.25) is 10.2 Å². The molecule has 10 heteroatoms. The number of hydrogen-bond donors (Lipinski definition) is 3. The molecule has 30 heavy (non-hydrogen) atoms. The van der Waals surface area contributed by atoms with Crippen LogP contribution in [0.15, 0.2) is 35.3 Å². The van der Waals surface area contributed by atoms with E-state index in [0.717, 1.165) is 18.5 Å². The second-order valence-corrected chi connectivity index (χ2v) is 7.88. The number of rotatable bonds is 9. The van der Waals surface area contributed by atoms with Crippen molar-refractivity contribution < 1.29 is 0 Å². The zero-order valence-corrected chi connectivity index (χ0v) is 19.8. The highest BCUT2D eigenvalue weighted by Crippen LogP contribution is 2.12. The third-order valence-electron chi connectivity index (χ3n) is 4.93. The van der Waals surface area contributed by atoms with E-state index in [1.807, 2.05) is 24.3 Å². The second kappa shape index (κ2) is 14.1. The Labute approximate surface area is 200 Å². The first-order valence-electron chi connectivity index (χ1n) is 9.81. The summed E-state index contributed by atoms with van der Waals surface area (Å²) < 4.78 is 1.54. The molecule has 0 aliphatic carbocycles. The molecule has 0 bridgehead atoms. The lowest BCUT2D eigenvalue weighted by Crippen LogP contribution is -2.36. The van der Waals surface area contributed by atoms with Gasteiger partial charge in [-0.3, -0.25) is 9.36 Å². The molecule has 1 aromatic heterocycles. The van der Waals surface area contributed by atoms with Crippen molar-refractivity contribution in [1.29, 1.82) is 0 Å². The van der Waals surface area contributed by atoms with Gasteiger partial charge in [0.1, 0.15) is 5.15 Å². The van der Waals surface area contributed by atoms with Gasteiger partial charge in [-0.2, -0.15) is 0 Å². The van der Waals surface area contributed by atoms with Crippen molar-refractivity contribution in [3.05, 3.63) is 56.6 Å². The first kappa shape index (κ1) is 27.0. The standard InChI is InChI=1S/C20H27Cl2N5O.2ClH/c21-16-5-3-4-15(12-16)13-23-10-11-27-18(22)14-26-19(20(27)28)25-9-7-17-6-1-2-8-24-17;;/h3-5,12,14,17,23-24H,1-2,6-11,13H2,(H,25,26);2*1H. The monoisotopic (exact) mass is 495 g/mol. The average Bonchev–Trinajstić information content (AvgIpc) is 2.70. The predicted molar refractivity (Wildman–Crippen MR) is 130 cm³/mol. The van der Waals surface area contributed by atoms with E-state index in [-0.39, 0.29) is 30.4 Å². The summed E-state index contributed by atoms with van der Waals surface area (Å²) in [6.07, 6.45) is 6.22. The molecule has 0 radical (unpaired) electrons. The smallest absolute Gasteiger partial charge is 0.294 e.